The fourth-order valence-corrected chi connectivity index (χ4v) is 1.76. The van der Waals surface area contributed by atoms with E-state index in [0.717, 1.165) is 11.3 Å². The van der Waals surface area contributed by atoms with Crippen molar-refractivity contribution in [2.45, 2.75) is 19.4 Å². The molecule has 6 nitrogen and oxygen atoms in total. The lowest BCUT2D eigenvalue weighted by Gasteiger charge is -2.05. The fourth-order valence-electron chi connectivity index (χ4n) is 1.06. The number of carbonyl (C=O) groups is 1. The van der Waals surface area contributed by atoms with Crippen molar-refractivity contribution in [3.63, 3.8) is 0 Å². The van der Waals surface area contributed by atoms with Crippen LogP contribution in [0.4, 0.5) is 5.00 Å². The van der Waals surface area contributed by atoms with Crippen molar-refractivity contribution in [3.05, 3.63) is 27.1 Å². The van der Waals surface area contributed by atoms with Crippen LogP contribution in [0.5, 0.6) is 0 Å². The van der Waals surface area contributed by atoms with Crippen LogP contribution in [0.3, 0.4) is 0 Å². The van der Waals surface area contributed by atoms with Crippen molar-refractivity contribution in [2.24, 2.45) is 5.73 Å². The van der Waals surface area contributed by atoms with Gasteiger partial charge in [-0.15, -0.1) is 0 Å². The first-order valence-electron chi connectivity index (χ1n) is 4.77. The third-order valence-corrected chi connectivity index (χ3v) is 2.79. The SMILES string of the molecule is CC(N)CCNC(=O)c1csc([N+](=O)[O-])c1. The molecule has 1 heterocycles. The summed E-state index contributed by atoms with van der Waals surface area (Å²) in [5.74, 6) is -0.301. The molecule has 0 saturated carbocycles. The Morgan fingerprint density at radius 3 is 2.94 bits per heavy atom. The maximum atomic E-state index is 11.5. The topological polar surface area (TPSA) is 98.3 Å². The van der Waals surface area contributed by atoms with Crippen LogP contribution in [0.25, 0.3) is 0 Å². The van der Waals surface area contributed by atoms with Crippen LogP contribution in [-0.2, 0) is 0 Å². The zero-order valence-corrected chi connectivity index (χ0v) is 9.62. The monoisotopic (exact) mass is 243 g/mol. The van der Waals surface area contributed by atoms with Gasteiger partial charge in [-0.1, -0.05) is 11.3 Å². The van der Waals surface area contributed by atoms with Crippen LogP contribution in [0.1, 0.15) is 23.7 Å². The molecule has 0 fully saturated rings. The first kappa shape index (κ1) is 12.6. The van der Waals surface area contributed by atoms with Gasteiger partial charge in [-0.25, -0.2) is 0 Å². The van der Waals surface area contributed by atoms with Crippen molar-refractivity contribution in [1.82, 2.24) is 5.32 Å². The van der Waals surface area contributed by atoms with Gasteiger partial charge in [-0.3, -0.25) is 14.9 Å². The highest BCUT2D eigenvalue weighted by atomic mass is 32.1. The number of amides is 1. The van der Waals surface area contributed by atoms with Crippen molar-refractivity contribution in [3.8, 4) is 0 Å². The third kappa shape index (κ3) is 3.59. The van der Waals surface area contributed by atoms with E-state index in [1.165, 1.54) is 11.4 Å². The number of carbonyl (C=O) groups excluding carboxylic acids is 1. The molecule has 1 aromatic heterocycles. The minimum absolute atomic E-state index is 0.0251. The highest BCUT2D eigenvalue weighted by Gasteiger charge is 2.14. The molecule has 0 aliphatic carbocycles. The molecule has 3 N–H and O–H groups in total. The predicted molar refractivity (Wildman–Crippen MR) is 61.6 cm³/mol. The smallest absolute Gasteiger partial charge is 0.324 e. The van der Waals surface area contributed by atoms with Gasteiger partial charge in [0.05, 0.1) is 10.5 Å². The molecule has 1 atom stereocenters. The normalized spacial score (nSPS) is 12.1. The number of nitrogens with zero attached hydrogens (tertiary/aromatic N) is 1. The molecule has 16 heavy (non-hydrogen) atoms. The molecule has 88 valence electrons. The summed E-state index contributed by atoms with van der Waals surface area (Å²) in [6.07, 6.45) is 0.679. The van der Waals surface area contributed by atoms with Crippen molar-refractivity contribution < 1.29 is 9.72 Å². The molecule has 1 amide bonds. The van der Waals surface area contributed by atoms with E-state index in [1.807, 2.05) is 6.92 Å². The van der Waals surface area contributed by atoms with Gasteiger partial charge in [0, 0.05) is 24.0 Å². The fraction of sp³-hybridized carbons (Fsp3) is 0.444. The van der Waals surface area contributed by atoms with Crippen LogP contribution in [0.2, 0.25) is 0 Å². The molecule has 0 bridgehead atoms. The lowest BCUT2D eigenvalue weighted by Crippen LogP contribution is -2.28. The van der Waals surface area contributed by atoms with E-state index in [4.69, 9.17) is 5.73 Å². The van der Waals surface area contributed by atoms with Gasteiger partial charge in [0.2, 0.25) is 0 Å². The van der Waals surface area contributed by atoms with E-state index in [1.54, 1.807) is 0 Å². The number of hydrogen-bond acceptors (Lipinski definition) is 5. The van der Waals surface area contributed by atoms with E-state index >= 15 is 0 Å². The molecular weight excluding hydrogens is 230 g/mol. The number of rotatable bonds is 5. The maximum absolute atomic E-state index is 11.5. The Morgan fingerprint density at radius 2 is 2.44 bits per heavy atom. The van der Waals surface area contributed by atoms with E-state index in [0.29, 0.717) is 18.5 Å². The standard InChI is InChI=1S/C9H13N3O3S/c1-6(10)2-3-11-9(13)7-4-8(12(14)15)16-5-7/h4-6H,2-3,10H2,1H3,(H,11,13). The van der Waals surface area contributed by atoms with E-state index in [9.17, 15) is 14.9 Å². The largest absolute Gasteiger partial charge is 0.352 e. The van der Waals surface area contributed by atoms with E-state index < -0.39 is 4.92 Å². The minimum Gasteiger partial charge on any atom is -0.352 e. The second-order valence-corrected chi connectivity index (χ2v) is 4.34. The zero-order valence-electron chi connectivity index (χ0n) is 8.80. The Hall–Kier alpha value is -1.47. The van der Waals surface area contributed by atoms with Gasteiger partial charge in [-0.05, 0) is 13.3 Å². The van der Waals surface area contributed by atoms with Crippen LogP contribution in [-0.4, -0.2) is 23.4 Å². The van der Waals surface area contributed by atoms with Crippen LogP contribution in [0, 0.1) is 10.1 Å². The number of nitrogens with two attached hydrogens (primary N) is 1. The molecule has 1 aromatic rings. The molecule has 1 unspecified atom stereocenters. The van der Waals surface area contributed by atoms with Crippen molar-refractivity contribution in [1.29, 1.82) is 0 Å². The highest BCUT2D eigenvalue weighted by Crippen LogP contribution is 2.22. The van der Waals surface area contributed by atoms with Gasteiger partial charge in [0.25, 0.3) is 5.91 Å². The van der Waals surface area contributed by atoms with Gasteiger partial charge in [0.15, 0.2) is 0 Å². The molecule has 0 radical (unpaired) electrons. The minimum atomic E-state index is -0.511. The first-order chi connectivity index (χ1) is 7.50. The average molecular weight is 243 g/mol. The van der Waals surface area contributed by atoms with Gasteiger partial charge >= 0.3 is 5.00 Å². The Bertz CT molecular complexity index is 389. The highest BCUT2D eigenvalue weighted by molar-refractivity contribution is 7.13. The van der Waals surface area contributed by atoms with Crippen LogP contribution >= 0.6 is 11.3 Å². The summed E-state index contributed by atoms with van der Waals surface area (Å²) in [4.78, 5) is 21.4. The molecular formula is C9H13N3O3S. The second kappa shape index (κ2) is 5.57. The third-order valence-electron chi connectivity index (χ3n) is 1.91. The maximum Gasteiger partial charge on any atom is 0.324 e. The van der Waals surface area contributed by atoms with Crippen LogP contribution in [0.15, 0.2) is 11.4 Å². The number of nitro groups is 1. The molecule has 7 heteroatoms. The zero-order chi connectivity index (χ0) is 12.1. The Kier molecular flexibility index (Phi) is 4.39. The van der Waals surface area contributed by atoms with Gasteiger partial charge in [-0.2, -0.15) is 0 Å². The Balaban J connectivity index is 2.50. The summed E-state index contributed by atoms with van der Waals surface area (Å²) in [7, 11) is 0. The molecule has 0 aliphatic rings. The summed E-state index contributed by atoms with van der Waals surface area (Å²) in [5.41, 5.74) is 5.84. The quantitative estimate of drug-likeness (QED) is 0.598. The lowest BCUT2D eigenvalue weighted by molar-refractivity contribution is -0.380. The summed E-state index contributed by atoms with van der Waals surface area (Å²) >= 11 is 0.941. The van der Waals surface area contributed by atoms with Crippen molar-refractivity contribution in [2.75, 3.05) is 6.54 Å². The Morgan fingerprint density at radius 1 is 1.75 bits per heavy atom. The second-order valence-electron chi connectivity index (χ2n) is 3.45. The Labute approximate surface area is 96.6 Å². The predicted octanol–water partition coefficient (Wildman–Crippen LogP) is 1.12. The summed E-state index contributed by atoms with van der Waals surface area (Å²) < 4.78 is 0. The van der Waals surface area contributed by atoms with Crippen LogP contribution < -0.4 is 11.1 Å². The first-order valence-corrected chi connectivity index (χ1v) is 5.65. The molecule has 0 saturated heterocycles. The molecule has 1 rings (SSSR count). The lowest BCUT2D eigenvalue weighted by atomic mass is 10.2. The molecule has 0 aromatic carbocycles. The summed E-state index contributed by atoms with van der Waals surface area (Å²) in [6.45, 7) is 2.32. The molecule has 0 spiro atoms. The number of nitrogens with one attached hydrogen (secondary N) is 1. The summed E-state index contributed by atoms with van der Waals surface area (Å²) in [6, 6.07) is 1.29. The van der Waals surface area contributed by atoms with Gasteiger partial charge < -0.3 is 11.1 Å². The number of thiophene rings is 1. The van der Waals surface area contributed by atoms with Crippen molar-refractivity contribution >= 4 is 22.2 Å². The van der Waals surface area contributed by atoms with E-state index in [-0.39, 0.29) is 17.0 Å². The van der Waals surface area contributed by atoms with E-state index in [2.05, 4.69) is 5.32 Å². The average Bonchev–Trinajstić information content (AvgIpc) is 2.65. The summed E-state index contributed by atoms with van der Waals surface area (Å²) in [5, 5.41) is 14.5. The molecule has 0 aliphatic heterocycles. The number of hydrogen-bond donors (Lipinski definition) is 2. The van der Waals surface area contributed by atoms with Gasteiger partial charge in [0.1, 0.15) is 0 Å².